The van der Waals surface area contributed by atoms with Crippen molar-refractivity contribution in [3.8, 4) is 0 Å². The fourth-order valence-electron chi connectivity index (χ4n) is 1.63. The maximum Gasteiger partial charge on any atom is 0.274 e. The molecule has 0 atom stereocenters. The van der Waals surface area contributed by atoms with Gasteiger partial charge in [-0.05, 0) is 18.2 Å². The van der Waals surface area contributed by atoms with Crippen LogP contribution in [0.25, 0.3) is 0 Å². The summed E-state index contributed by atoms with van der Waals surface area (Å²) in [5.41, 5.74) is 1.59. The smallest absolute Gasteiger partial charge is 0.274 e. The number of nitro benzene ring substituents is 1. The molecule has 1 N–H and O–H groups in total. The van der Waals surface area contributed by atoms with Gasteiger partial charge in [-0.1, -0.05) is 35.9 Å². The zero-order valence-electron chi connectivity index (χ0n) is 9.47. The molecule has 0 radical (unpaired) electrons. The second-order valence-electron chi connectivity index (χ2n) is 3.75. The molecule has 0 unspecified atom stereocenters. The Kier molecular flexibility index (Phi) is 3.79. The Hall–Kier alpha value is -2.07. The molecular weight excluding hydrogens is 252 g/mol. The van der Waals surface area contributed by atoms with Gasteiger partial charge in [0.15, 0.2) is 0 Å². The highest BCUT2D eigenvalue weighted by Gasteiger charge is 2.11. The number of rotatable bonds is 4. The average molecular weight is 263 g/mol. The number of hydrogen-bond donors (Lipinski definition) is 1. The van der Waals surface area contributed by atoms with E-state index in [1.54, 1.807) is 30.3 Å². The lowest BCUT2D eigenvalue weighted by Crippen LogP contribution is -2.02. The summed E-state index contributed by atoms with van der Waals surface area (Å²) < 4.78 is 0. The largest absolute Gasteiger partial charge is 0.381 e. The maximum atomic E-state index is 10.8. The Morgan fingerprint density at radius 1 is 1.17 bits per heavy atom. The van der Waals surface area contributed by atoms with Crippen LogP contribution in [0.4, 0.5) is 11.4 Å². The standard InChI is InChI=1S/C13H11ClN2O2/c14-11-5-3-6-12(8-11)15-9-10-4-1-2-7-13(10)16(17)18/h1-8,15H,9H2. The zero-order valence-corrected chi connectivity index (χ0v) is 10.2. The fourth-order valence-corrected chi connectivity index (χ4v) is 1.82. The van der Waals surface area contributed by atoms with Crippen LogP contribution in [0.2, 0.25) is 5.02 Å². The molecule has 0 amide bonds. The summed E-state index contributed by atoms with van der Waals surface area (Å²) in [5.74, 6) is 0. The van der Waals surface area contributed by atoms with Crippen LogP contribution in [0.3, 0.4) is 0 Å². The van der Waals surface area contributed by atoms with E-state index in [4.69, 9.17) is 11.6 Å². The molecular formula is C13H11ClN2O2. The number of para-hydroxylation sites is 1. The first kappa shape index (κ1) is 12.4. The average Bonchev–Trinajstić information content (AvgIpc) is 2.37. The van der Waals surface area contributed by atoms with Gasteiger partial charge in [0.05, 0.1) is 4.92 Å². The van der Waals surface area contributed by atoms with Crippen molar-refractivity contribution < 1.29 is 4.92 Å². The van der Waals surface area contributed by atoms with E-state index in [0.717, 1.165) is 5.69 Å². The molecule has 0 aliphatic heterocycles. The summed E-state index contributed by atoms with van der Waals surface area (Å²) in [5, 5.41) is 14.6. The first-order valence-electron chi connectivity index (χ1n) is 5.38. The van der Waals surface area contributed by atoms with E-state index >= 15 is 0 Å². The van der Waals surface area contributed by atoms with Crippen molar-refractivity contribution in [2.75, 3.05) is 5.32 Å². The molecule has 0 bridgehead atoms. The second-order valence-corrected chi connectivity index (χ2v) is 4.19. The molecule has 0 aromatic heterocycles. The highest BCUT2D eigenvalue weighted by Crippen LogP contribution is 2.20. The Balaban J connectivity index is 2.13. The topological polar surface area (TPSA) is 55.2 Å². The summed E-state index contributed by atoms with van der Waals surface area (Å²) in [6, 6.07) is 13.9. The van der Waals surface area contributed by atoms with Crippen molar-refractivity contribution in [2.45, 2.75) is 6.54 Å². The van der Waals surface area contributed by atoms with Crippen molar-refractivity contribution in [1.82, 2.24) is 0 Å². The van der Waals surface area contributed by atoms with Gasteiger partial charge in [0.1, 0.15) is 0 Å². The normalized spacial score (nSPS) is 10.1. The van der Waals surface area contributed by atoms with Gasteiger partial charge in [-0.3, -0.25) is 10.1 Å². The number of nitrogens with one attached hydrogen (secondary N) is 1. The molecule has 0 aliphatic rings. The molecule has 0 aliphatic carbocycles. The van der Waals surface area contributed by atoms with Crippen molar-refractivity contribution >= 4 is 23.0 Å². The summed E-state index contributed by atoms with van der Waals surface area (Å²) in [6.07, 6.45) is 0. The lowest BCUT2D eigenvalue weighted by Gasteiger charge is -2.07. The Morgan fingerprint density at radius 2 is 1.94 bits per heavy atom. The number of nitro groups is 1. The molecule has 2 aromatic carbocycles. The first-order chi connectivity index (χ1) is 8.66. The van der Waals surface area contributed by atoms with Gasteiger partial charge >= 0.3 is 0 Å². The predicted molar refractivity (Wildman–Crippen MR) is 71.9 cm³/mol. The van der Waals surface area contributed by atoms with Crippen molar-refractivity contribution in [3.63, 3.8) is 0 Å². The lowest BCUT2D eigenvalue weighted by atomic mass is 10.2. The molecule has 5 heteroatoms. The number of benzene rings is 2. The van der Waals surface area contributed by atoms with Gasteiger partial charge in [0, 0.05) is 28.9 Å². The van der Waals surface area contributed by atoms with Crippen LogP contribution in [0.5, 0.6) is 0 Å². The Bertz CT molecular complexity index is 572. The number of halogens is 1. The second kappa shape index (κ2) is 5.51. The molecule has 0 saturated heterocycles. The van der Waals surface area contributed by atoms with Crippen LogP contribution in [0.1, 0.15) is 5.56 Å². The third-order valence-corrected chi connectivity index (χ3v) is 2.73. The summed E-state index contributed by atoms with van der Waals surface area (Å²) in [6.45, 7) is 0.386. The molecule has 2 rings (SSSR count). The van der Waals surface area contributed by atoms with E-state index in [9.17, 15) is 10.1 Å². The maximum absolute atomic E-state index is 10.8. The van der Waals surface area contributed by atoms with Crippen LogP contribution in [0.15, 0.2) is 48.5 Å². The van der Waals surface area contributed by atoms with Crippen LogP contribution in [0, 0.1) is 10.1 Å². The van der Waals surface area contributed by atoms with Gasteiger partial charge in [-0.15, -0.1) is 0 Å². The van der Waals surface area contributed by atoms with E-state index in [0.29, 0.717) is 17.1 Å². The van der Waals surface area contributed by atoms with Gasteiger partial charge in [0.2, 0.25) is 0 Å². The quantitative estimate of drug-likeness (QED) is 0.672. The molecule has 0 saturated carbocycles. The van der Waals surface area contributed by atoms with Crippen LogP contribution in [-0.2, 0) is 6.54 Å². The highest BCUT2D eigenvalue weighted by molar-refractivity contribution is 6.30. The summed E-state index contributed by atoms with van der Waals surface area (Å²) >= 11 is 5.86. The molecule has 4 nitrogen and oxygen atoms in total. The molecule has 0 fully saturated rings. The number of hydrogen-bond acceptors (Lipinski definition) is 3. The van der Waals surface area contributed by atoms with Gasteiger partial charge in [-0.25, -0.2) is 0 Å². The fraction of sp³-hybridized carbons (Fsp3) is 0.0769. The van der Waals surface area contributed by atoms with E-state index in [2.05, 4.69) is 5.32 Å². The van der Waals surface area contributed by atoms with E-state index in [1.807, 2.05) is 12.1 Å². The minimum atomic E-state index is -0.380. The minimum absolute atomic E-state index is 0.118. The predicted octanol–water partition coefficient (Wildman–Crippen LogP) is 3.86. The van der Waals surface area contributed by atoms with E-state index in [-0.39, 0.29) is 10.6 Å². The van der Waals surface area contributed by atoms with Gasteiger partial charge in [-0.2, -0.15) is 0 Å². The molecule has 2 aromatic rings. The molecule has 18 heavy (non-hydrogen) atoms. The highest BCUT2D eigenvalue weighted by atomic mass is 35.5. The van der Waals surface area contributed by atoms with E-state index < -0.39 is 0 Å². The van der Waals surface area contributed by atoms with Crippen LogP contribution in [-0.4, -0.2) is 4.92 Å². The molecule has 0 heterocycles. The third-order valence-electron chi connectivity index (χ3n) is 2.50. The van der Waals surface area contributed by atoms with E-state index in [1.165, 1.54) is 6.07 Å². The van der Waals surface area contributed by atoms with Crippen LogP contribution >= 0.6 is 11.6 Å². The lowest BCUT2D eigenvalue weighted by molar-refractivity contribution is -0.385. The monoisotopic (exact) mass is 262 g/mol. The number of anilines is 1. The van der Waals surface area contributed by atoms with Crippen LogP contribution < -0.4 is 5.32 Å². The first-order valence-corrected chi connectivity index (χ1v) is 5.76. The molecule has 92 valence electrons. The third kappa shape index (κ3) is 2.99. The van der Waals surface area contributed by atoms with Gasteiger partial charge in [0.25, 0.3) is 5.69 Å². The van der Waals surface area contributed by atoms with Crippen molar-refractivity contribution in [1.29, 1.82) is 0 Å². The minimum Gasteiger partial charge on any atom is -0.381 e. The molecule has 0 spiro atoms. The Morgan fingerprint density at radius 3 is 2.67 bits per heavy atom. The van der Waals surface area contributed by atoms with Crippen molar-refractivity contribution in [3.05, 3.63) is 69.2 Å². The summed E-state index contributed by atoms with van der Waals surface area (Å²) in [7, 11) is 0. The van der Waals surface area contributed by atoms with Gasteiger partial charge < -0.3 is 5.32 Å². The Labute approximate surface area is 109 Å². The SMILES string of the molecule is O=[N+]([O-])c1ccccc1CNc1cccc(Cl)c1. The zero-order chi connectivity index (χ0) is 13.0. The summed E-state index contributed by atoms with van der Waals surface area (Å²) in [4.78, 5) is 10.5. The number of nitrogens with zero attached hydrogens (tertiary/aromatic N) is 1. The van der Waals surface area contributed by atoms with Crippen molar-refractivity contribution in [2.24, 2.45) is 0 Å².